The molecule has 20 heavy (non-hydrogen) atoms. The third kappa shape index (κ3) is 3.64. The maximum atomic E-state index is 5.95. The van der Waals surface area contributed by atoms with Crippen LogP contribution in [0.2, 0.25) is 0 Å². The van der Waals surface area contributed by atoms with Crippen LogP contribution in [0.5, 0.6) is 11.5 Å². The largest absolute Gasteiger partial charge is 0.497 e. The Labute approximate surface area is 121 Å². The fraction of sp³-hybridized carbons (Fsp3) is 0.625. The average Bonchev–Trinajstić information content (AvgIpc) is 2.48. The normalized spacial score (nSPS) is 24.2. The number of nitrogens with two attached hydrogens (primary N) is 1. The van der Waals surface area contributed by atoms with Crippen LogP contribution in [0.15, 0.2) is 18.2 Å². The van der Waals surface area contributed by atoms with E-state index in [-0.39, 0.29) is 6.04 Å². The molecule has 1 aliphatic rings. The molecule has 1 aliphatic carbocycles. The second-order valence-electron chi connectivity index (χ2n) is 5.61. The third-order valence-electron chi connectivity index (χ3n) is 4.16. The van der Waals surface area contributed by atoms with Gasteiger partial charge in [0.05, 0.1) is 14.2 Å². The zero-order valence-electron chi connectivity index (χ0n) is 12.7. The molecule has 1 aromatic carbocycles. The molecule has 112 valence electrons. The summed E-state index contributed by atoms with van der Waals surface area (Å²) in [4.78, 5) is 0. The van der Waals surface area contributed by atoms with Crippen LogP contribution >= 0.6 is 0 Å². The summed E-state index contributed by atoms with van der Waals surface area (Å²) in [6.07, 6.45) is 4.54. The minimum atomic E-state index is 0.259. The highest BCUT2D eigenvalue weighted by Crippen LogP contribution is 2.30. The number of hydrogen-bond acceptors (Lipinski definition) is 4. The smallest absolute Gasteiger partial charge is 0.127 e. The summed E-state index contributed by atoms with van der Waals surface area (Å²) in [6, 6.07) is 7.19. The van der Waals surface area contributed by atoms with E-state index in [9.17, 15) is 0 Å². The minimum Gasteiger partial charge on any atom is -0.497 e. The standard InChI is InChI=1S/C16H26N2O2/c1-11(18-13-6-4-12(17)5-7-13)15-9-8-14(19-2)10-16(15)20-3/h8-13,18H,4-7,17H2,1-3H3. The van der Waals surface area contributed by atoms with Crippen LogP contribution < -0.4 is 20.5 Å². The third-order valence-corrected chi connectivity index (χ3v) is 4.16. The topological polar surface area (TPSA) is 56.5 Å². The molecule has 0 bridgehead atoms. The van der Waals surface area contributed by atoms with Gasteiger partial charge in [0.25, 0.3) is 0 Å². The lowest BCUT2D eigenvalue weighted by Crippen LogP contribution is -2.38. The van der Waals surface area contributed by atoms with Crippen LogP contribution in [0.3, 0.4) is 0 Å². The summed E-state index contributed by atoms with van der Waals surface area (Å²) in [6.45, 7) is 2.18. The molecular weight excluding hydrogens is 252 g/mol. The van der Waals surface area contributed by atoms with Crippen molar-refractivity contribution in [2.75, 3.05) is 14.2 Å². The van der Waals surface area contributed by atoms with Crippen LogP contribution in [0, 0.1) is 0 Å². The Morgan fingerprint density at radius 3 is 2.45 bits per heavy atom. The highest BCUT2D eigenvalue weighted by molar-refractivity contribution is 5.42. The summed E-state index contributed by atoms with van der Waals surface area (Å²) in [5.41, 5.74) is 7.12. The summed E-state index contributed by atoms with van der Waals surface area (Å²) in [5, 5.41) is 3.69. The van der Waals surface area contributed by atoms with Crippen molar-refractivity contribution >= 4 is 0 Å². The van der Waals surface area contributed by atoms with Crippen LogP contribution in [0.4, 0.5) is 0 Å². The number of nitrogens with one attached hydrogen (secondary N) is 1. The van der Waals surface area contributed by atoms with Crippen LogP contribution in [-0.2, 0) is 0 Å². The number of hydrogen-bond donors (Lipinski definition) is 2. The lowest BCUT2D eigenvalue weighted by molar-refractivity contribution is 0.317. The Balaban J connectivity index is 2.03. The first kappa shape index (κ1) is 15.1. The highest BCUT2D eigenvalue weighted by atomic mass is 16.5. The fourth-order valence-corrected chi connectivity index (χ4v) is 2.91. The van der Waals surface area contributed by atoms with Gasteiger partial charge in [0.1, 0.15) is 11.5 Å². The van der Waals surface area contributed by atoms with Crippen LogP contribution in [0.25, 0.3) is 0 Å². The Bertz CT molecular complexity index is 428. The van der Waals surface area contributed by atoms with Gasteiger partial charge < -0.3 is 20.5 Å². The van der Waals surface area contributed by atoms with E-state index in [0.29, 0.717) is 12.1 Å². The van der Waals surface area contributed by atoms with Gasteiger partial charge in [0.2, 0.25) is 0 Å². The van der Waals surface area contributed by atoms with Gasteiger partial charge in [-0.2, -0.15) is 0 Å². The fourth-order valence-electron chi connectivity index (χ4n) is 2.91. The lowest BCUT2D eigenvalue weighted by atomic mass is 9.91. The average molecular weight is 278 g/mol. The molecule has 4 nitrogen and oxygen atoms in total. The Morgan fingerprint density at radius 1 is 1.15 bits per heavy atom. The van der Waals surface area contributed by atoms with Crippen molar-refractivity contribution in [3.63, 3.8) is 0 Å². The zero-order valence-corrected chi connectivity index (χ0v) is 12.7. The predicted molar refractivity (Wildman–Crippen MR) is 81.3 cm³/mol. The predicted octanol–water partition coefficient (Wildman–Crippen LogP) is 2.62. The Hall–Kier alpha value is -1.26. The van der Waals surface area contributed by atoms with Crippen molar-refractivity contribution in [2.24, 2.45) is 5.73 Å². The van der Waals surface area contributed by atoms with E-state index in [1.165, 1.54) is 5.56 Å². The SMILES string of the molecule is COc1ccc(C(C)NC2CCC(N)CC2)c(OC)c1. The van der Waals surface area contributed by atoms with E-state index in [1.807, 2.05) is 12.1 Å². The van der Waals surface area contributed by atoms with Gasteiger partial charge in [-0.05, 0) is 38.7 Å². The molecule has 0 aliphatic heterocycles. The molecule has 0 radical (unpaired) electrons. The zero-order chi connectivity index (χ0) is 14.5. The quantitative estimate of drug-likeness (QED) is 0.869. The van der Waals surface area contributed by atoms with E-state index < -0.39 is 0 Å². The molecule has 1 fully saturated rings. The first-order valence-electron chi connectivity index (χ1n) is 7.37. The molecule has 2 rings (SSSR count). The van der Waals surface area contributed by atoms with E-state index >= 15 is 0 Å². The number of methoxy groups -OCH3 is 2. The molecule has 0 heterocycles. The molecule has 0 spiro atoms. The minimum absolute atomic E-state index is 0.259. The molecule has 0 saturated heterocycles. The maximum absolute atomic E-state index is 5.95. The van der Waals surface area contributed by atoms with Crippen molar-refractivity contribution in [3.8, 4) is 11.5 Å². The maximum Gasteiger partial charge on any atom is 0.127 e. The lowest BCUT2D eigenvalue weighted by Gasteiger charge is -2.30. The van der Waals surface area contributed by atoms with Crippen molar-refractivity contribution < 1.29 is 9.47 Å². The van der Waals surface area contributed by atoms with Crippen LogP contribution in [0.1, 0.15) is 44.2 Å². The van der Waals surface area contributed by atoms with Gasteiger partial charge >= 0.3 is 0 Å². The Morgan fingerprint density at radius 2 is 1.85 bits per heavy atom. The second kappa shape index (κ2) is 6.95. The number of rotatable bonds is 5. The summed E-state index contributed by atoms with van der Waals surface area (Å²) in [7, 11) is 3.37. The molecule has 3 N–H and O–H groups in total. The monoisotopic (exact) mass is 278 g/mol. The number of benzene rings is 1. The number of ether oxygens (including phenoxy) is 2. The molecule has 4 heteroatoms. The summed E-state index contributed by atoms with van der Waals surface area (Å²) in [5.74, 6) is 1.69. The van der Waals surface area contributed by atoms with E-state index in [1.54, 1.807) is 14.2 Å². The molecular formula is C16H26N2O2. The molecule has 1 unspecified atom stereocenters. The van der Waals surface area contributed by atoms with Gasteiger partial charge in [-0.1, -0.05) is 6.07 Å². The van der Waals surface area contributed by atoms with E-state index in [0.717, 1.165) is 37.2 Å². The van der Waals surface area contributed by atoms with Gasteiger partial charge in [-0.25, -0.2) is 0 Å². The van der Waals surface area contributed by atoms with Crippen molar-refractivity contribution in [2.45, 2.75) is 50.7 Å². The second-order valence-corrected chi connectivity index (χ2v) is 5.61. The summed E-state index contributed by atoms with van der Waals surface area (Å²) < 4.78 is 10.7. The van der Waals surface area contributed by atoms with Gasteiger partial charge in [0, 0.05) is 29.8 Å². The van der Waals surface area contributed by atoms with Gasteiger partial charge in [0.15, 0.2) is 0 Å². The Kier molecular flexibility index (Phi) is 5.26. The molecule has 1 atom stereocenters. The highest BCUT2D eigenvalue weighted by Gasteiger charge is 2.21. The summed E-state index contributed by atoms with van der Waals surface area (Å²) >= 11 is 0. The molecule has 0 aromatic heterocycles. The van der Waals surface area contributed by atoms with E-state index in [4.69, 9.17) is 15.2 Å². The van der Waals surface area contributed by atoms with Gasteiger partial charge in [-0.3, -0.25) is 0 Å². The van der Waals surface area contributed by atoms with Crippen LogP contribution in [-0.4, -0.2) is 26.3 Å². The molecule has 0 amide bonds. The van der Waals surface area contributed by atoms with Gasteiger partial charge in [-0.15, -0.1) is 0 Å². The van der Waals surface area contributed by atoms with Crippen molar-refractivity contribution in [1.29, 1.82) is 0 Å². The molecule has 1 aromatic rings. The van der Waals surface area contributed by atoms with Crippen molar-refractivity contribution in [1.82, 2.24) is 5.32 Å². The molecule has 1 saturated carbocycles. The first-order valence-corrected chi connectivity index (χ1v) is 7.37. The first-order chi connectivity index (χ1) is 9.63. The van der Waals surface area contributed by atoms with Crippen molar-refractivity contribution in [3.05, 3.63) is 23.8 Å². The van der Waals surface area contributed by atoms with E-state index in [2.05, 4.69) is 18.3 Å².